The van der Waals surface area contributed by atoms with Crippen molar-refractivity contribution in [3.05, 3.63) is 76.4 Å². The zero-order chi connectivity index (χ0) is 24.5. The second kappa shape index (κ2) is 9.14. The molecule has 1 heterocycles. The van der Waals surface area contributed by atoms with Crippen LogP contribution in [0.15, 0.2) is 65.3 Å². The molecule has 2 N–H and O–H groups in total. The predicted octanol–water partition coefficient (Wildman–Crippen LogP) is 4.73. The van der Waals surface area contributed by atoms with Crippen LogP contribution in [0.2, 0.25) is 0 Å². The van der Waals surface area contributed by atoms with Gasteiger partial charge in [-0.05, 0) is 41.3 Å². The molecule has 4 rings (SSSR count). The van der Waals surface area contributed by atoms with Crippen LogP contribution in [0.5, 0.6) is 17.2 Å². The number of Topliss-reactive ketones (excluding diaryl/α,β-unsaturated/α-hetero) is 1. The van der Waals surface area contributed by atoms with Gasteiger partial charge >= 0.3 is 0 Å². The largest absolute Gasteiger partial charge is 0.497 e. The van der Waals surface area contributed by atoms with Gasteiger partial charge in [0.05, 0.1) is 20.1 Å². The van der Waals surface area contributed by atoms with Crippen LogP contribution < -0.4 is 19.9 Å². The summed E-state index contributed by atoms with van der Waals surface area (Å²) in [6.07, 6.45) is 0.962. The van der Waals surface area contributed by atoms with Crippen molar-refractivity contribution >= 4 is 5.78 Å². The highest BCUT2D eigenvalue weighted by molar-refractivity contribution is 6.00. The van der Waals surface area contributed by atoms with E-state index < -0.39 is 5.92 Å². The van der Waals surface area contributed by atoms with Gasteiger partial charge in [0.2, 0.25) is 5.88 Å². The first-order valence-electron chi connectivity index (χ1n) is 11.0. The van der Waals surface area contributed by atoms with Crippen molar-refractivity contribution < 1.29 is 23.7 Å². The summed E-state index contributed by atoms with van der Waals surface area (Å²) in [5.41, 5.74) is 8.20. The number of nitriles is 1. The van der Waals surface area contributed by atoms with E-state index >= 15 is 0 Å². The molecular weight excluding hydrogens is 432 g/mol. The fourth-order valence-electron chi connectivity index (χ4n) is 4.51. The lowest BCUT2D eigenvalue weighted by molar-refractivity contribution is -0.119. The van der Waals surface area contributed by atoms with Crippen LogP contribution in [0.1, 0.15) is 43.7 Å². The number of ether oxygens (including phenoxy) is 4. The Morgan fingerprint density at radius 2 is 1.79 bits per heavy atom. The van der Waals surface area contributed by atoms with Gasteiger partial charge < -0.3 is 24.7 Å². The second-order valence-electron chi connectivity index (χ2n) is 9.24. The number of nitrogens with two attached hydrogens (primary N) is 1. The van der Waals surface area contributed by atoms with Gasteiger partial charge in [-0.3, -0.25) is 4.79 Å². The molecule has 7 heteroatoms. The van der Waals surface area contributed by atoms with E-state index in [1.165, 1.54) is 0 Å². The normalized spacial score (nSPS) is 19.1. The van der Waals surface area contributed by atoms with Crippen molar-refractivity contribution in [2.75, 3.05) is 14.2 Å². The molecule has 0 aromatic heterocycles. The zero-order valence-corrected chi connectivity index (χ0v) is 19.8. The summed E-state index contributed by atoms with van der Waals surface area (Å²) in [5, 5.41) is 9.84. The number of benzene rings is 2. The fourth-order valence-corrected chi connectivity index (χ4v) is 4.51. The molecule has 0 fully saturated rings. The maximum atomic E-state index is 13.2. The highest BCUT2D eigenvalue weighted by Crippen LogP contribution is 2.48. The van der Waals surface area contributed by atoms with Crippen molar-refractivity contribution in [3.8, 4) is 23.3 Å². The van der Waals surface area contributed by atoms with Crippen molar-refractivity contribution in [2.45, 2.75) is 39.2 Å². The van der Waals surface area contributed by atoms with Gasteiger partial charge in [-0.1, -0.05) is 26.0 Å². The van der Waals surface area contributed by atoms with E-state index in [1.807, 2.05) is 56.3 Å². The molecule has 0 amide bonds. The summed E-state index contributed by atoms with van der Waals surface area (Å²) in [7, 11) is 3.19. The number of nitrogens with zero attached hydrogens (tertiary/aromatic N) is 1. The first-order valence-corrected chi connectivity index (χ1v) is 11.0. The molecule has 1 atom stereocenters. The molecule has 2 aromatic carbocycles. The van der Waals surface area contributed by atoms with Crippen molar-refractivity contribution in [2.24, 2.45) is 11.1 Å². The van der Waals surface area contributed by atoms with E-state index in [4.69, 9.17) is 24.7 Å². The first kappa shape index (κ1) is 23.2. The summed E-state index contributed by atoms with van der Waals surface area (Å²) in [6, 6.07) is 15.1. The van der Waals surface area contributed by atoms with Gasteiger partial charge in [-0.15, -0.1) is 0 Å². The van der Waals surface area contributed by atoms with Crippen LogP contribution >= 0.6 is 0 Å². The van der Waals surface area contributed by atoms with Gasteiger partial charge in [0, 0.05) is 24.0 Å². The molecule has 34 heavy (non-hydrogen) atoms. The number of carbonyl (C=O) groups is 1. The van der Waals surface area contributed by atoms with E-state index in [0.717, 1.165) is 16.9 Å². The SMILES string of the molecule is COc1ccc(OCc2ccc([C@H]3C(C#N)=C(N)OC4=C3C(=O)CC(C)(C)C4)cc2OC)cc1. The van der Waals surface area contributed by atoms with Gasteiger partial charge in [0.1, 0.15) is 41.3 Å². The lowest BCUT2D eigenvalue weighted by Gasteiger charge is -2.37. The van der Waals surface area contributed by atoms with Crippen LogP contribution in [0.3, 0.4) is 0 Å². The Balaban J connectivity index is 1.67. The summed E-state index contributed by atoms with van der Waals surface area (Å²) in [5.74, 6) is 2.02. The van der Waals surface area contributed by atoms with Crippen molar-refractivity contribution in [1.82, 2.24) is 0 Å². The first-order chi connectivity index (χ1) is 16.3. The number of rotatable bonds is 6. The molecule has 0 saturated heterocycles. The average molecular weight is 461 g/mol. The highest BCUT2D eigenvalue weighted by Gasteiger charge is 2.43. The number of methoxy groups -OCH3 is 2. The molecular formula is C27H28N2O5. The van der Waals surface area contributed by atoms with Crippen LogP contribution in [0.25, 0.3) is 0 Å². The summed E-state index contributed by atoms with van der Waals surface area (Å²) < 4.78 is 22.5. The number of carbonyl (C=O) groups excluding carboxylic acids is 1. The van der Waals surface area contributed by atoms with E-state index in [9.17, 15) is 10.1 Å². The van der Waals surface area contributed by atoms with Crippen LogP contribution in [0.4, 0.5) is 0 Å². The number of allylic oxidation sites excluding steroid dienone is 3. The Morgan fingerprint density at radius 1 is 1.09 bits per heavy atom. The third kappa shape index (κ3) is 4.44. The minimum absolute atomic E-state index is 0.0256. The molecule has 0 bridgehead atoms. The molecule has 0 saturated carbocycles. The third-order valence-electron chi connectivity index (χ3n) is 6.17. The fraction of sp³-hybridized carbons (Fsp3) is 0.333. The lowest BCUT2D eigenvalue weighted by atomic mass is 9.70. The van der Waals surface area contributed by atoms with Gasteiger partial charge in [0.15, 0.2) is 5.78 Å². The lowest BCUT2D eigenvalue weighted by Crippen LogP contribution is -2.33. The Morgan fingerprint density at radius 3 is 2.44 bits per heavy atom. The molecule has 0 radical (unpaired) electrons. The Bertz CT molecular complexity index is 1220. The number of hydrogen-bond acceptors (Lipinski definition) is 7. The van der Waals surface area contributed by atoms with Crippen LogP contribution in [-0.2, 0) is 16.1 Å². The highest BCUT2D eigenvalue weighted by atomic mass is 16.5. The quantitative estimate of drug-likeness (QED) is 0.664. The number of hydrogen-bond donors (Lipinski definition) is 1. The second-order valence-corrected chi connectivity index (χ2v) is 9.24. The molecule has 0 unspecified atom stereocenters. The van der Waals surface area contributed by atoms with Crippen LogP contribution in [0, 0.1) is 16.7 Å². The third-order valence-corrected chi connectivity index (χ3v) is 6.17. The Hall–Kier alpha value is -3.92. The Kier molecular flexibility index (Phi) is 6.25. The smallest absolute Gasteiger partial charge is 0.205 e. The van der Waals surface area contributed by atoms with E-state index in [0.29, 0.717) is 35.7 Å². The summed E-state index contributed by atoms with van der Waals surface area (Å²) >= 11 is 0. The zero-order valence-electron chi connectivity index (χ0n) is 19.8. The molecule has 1 aliphatic carbocycles. The maximum Gasteiger partial charge on any atom is 0.205 e. The van der Waals surface area contributed by atoms with Crippen molar-refractivity contribution in [1.29, 1.82) is 5.26 Å². The van der Waals surface area contributed by atoms with Crippen LogP contribution in [-0.4, -0.2) is 20.0 Å². The topological polar surface area (TPSA) is 104 Å². The van der Waals surface area contributed by atoms with E-state index in [2.05, 4.69) is 6.07 Å². The molecule has 176 valence electrons. The number of ketones is 1. The summed E-state index contributed by atoms with van der Waals surface area (Å²) in [4.78, 5) is 13.2. The minimum Gasteiger partial charge on any atom is -0.497 e. The Labute approximate surface area is 199 Å². The standard InChI is InChI=1S/C27H28N2O5/c1-27(2)12-21(30)25-23(13-27)34-26(29)20(14-28)24(25)16-5-6-17(22(11-16)32-4)15-33-19-9-7-18(31-3)8-10-19/h5-11,24H,12-13,15,29H2,1-4H3/t24-/m0/s1. The van der Waals surface area contributed by atoms with Gasteiger partial charge in [-0.25, -0.2) is 0 Å². The monoisotopic (exact) mass is 460 g/mol. The van der Waals surface area contributed by atoms with E-state index in [-0.39, 0.29) is 29.3 Å². The predicted molar refractivity (Wildman–Crippen MR) is 126 cm³/mol. The molecule has 2 aromatic rings. The molecule has 7 nitrogen and oxygen atoms in total. The molecule has 0 spiro atoms. The summed E-state index contributed by atoms with van der Waals surface area (Å²) in [6.45, 7) is 4.33. The maximum absolute atomic E-state index is 13.2. The minimum atomic E-state index is -0.595. The van der Waals surface area contributed by atoms with Gasteiger partial charge in [-0.2, -0.15) is 5.26 Å². The van der Waals surface area contributed by atoms with E-state index in [1.54, 1.807) is 14.2 Å². The van der Waals surface area contributed by atoms with Gasteiger partial charge in [0.25, 0.3) is 0 Å². The molecule has 1 aliphatic heterocycles. The average Bonchev–Trinajstić information content (AvgIpc) is 2.81. The van der Waals surface area contributed by atoms with Crippen molar-refractivity contribution in [3.63, 3.8) is 0 Å². The molecule has 2 aliphatic rings.